The van der Waals surface area contributed by atoms with Crippen molar-refractivity contribution in [3.63, 3.8) is 0 Å². The van der Waals surface area contributed by atoms with Gasteiger partial charge < -0.3 is 10.0 Å². The van der Waals surface area contributed by atoms with Crippen LogP contribution in [0.4, 0.5) is 4.39 Å². The van der Waals surface area contributed by atoms with E-state index in [-0.39, 0.29) is 29.3 Å². The van der Waals surface area contributed by atoms with Crippen molar-refractivity contribution >= 4 is 16.9 Å². The van der Waals surface area contributed by atoms with Gasteiger partial charge in [0.25, 0.3) is 5.91 Å². The number of benzene rings is 2. The summed E-state index contributed by atoms with van der Waals surface area (Å²) in [4.78, 5) is 23.0. The minimum Gasteiger partial charge on any atom is -0.492 e. The van der Waals surface area contributed by atoms with Gasteiger partial charge in [0.2, 0.25) is 5.88 Å². The first-order valence-electron chi connectivity index (χ1n) is 8.63. The Balaban J connectivity index is 1.63. The maximum absolute atomic E-state index is 14.0. The van der Waals surface area contributed by atoms with Gasteiger partial charge in [-0.05, 0) is 43.0 Å². The van der Waals surface area contributed by atoms with E-state index in [0.717, 1.165) is 12.8 Å². The fraction of sp³-hybridized carbons (Fsp3) is 0.250. The highest BCUT2D eigenvalue weighted by Crippen LogP contribution is 2.26. The van der Waals surface area contributed by atoms with Crippen LogP contribution in [0, 0.1) is 5.82 Å². The number of hydrogen-bond acceptors (Lipinski definition) is 4. The Kier molecular flexibility index (Phi) is 4.24. The number of fused-ring (bicyclic) bond motifs is 1. The lowest BCUT2D eigenvalue weighted by molar-refractivity contribution is 0.0726. The minimum absolute atomic E-state index is 0.0517. The zero-order chi connectivity index (χ0) is 18.1. The van der Waals surface area contributed by atoms with Crippen LogP contribution in [0.1, 0.15) is 28.9 Å². The Labute approximate surface area is 150 Å². The number of aromatic hydroxyl groups is 1. The van der Waals surface area contributed by atoms with E-state index < -0.39 is 0 Å². The highest BCUT2D eigenvalue weighted by atomic mass is 19.1. The summed E-state index contributed by atoms with van der Waals surface area (Å²) in [6, 6.07) is 13.6. The molecule has 2 aromatic carbocycles. The van der Waals surface area contributed by atoms with Crippen LogP contribution in [0.3, 0.4) is 0 Å². The lowest BCUT2D eigenvalue weighted by Gasteiger charge is -2.25. The van der Waals surface area contributed by atoms with Gasteiger partial charge in [0.1, 0.15) is 5.82 Å². The number of para-hydroxylation sites is 2. The quantitative estimate of drug-likeness (QED) is 0.786. The molecular formula is C20H18FN3O2. The number of hydrogen-bond donors (Lipinski definition) is 1. The first kappa shape index (κ1) is 16.4. The van der Waals surface area contributed by atoms with E-state index in [2.05, 4.69) is 9.97 Å². The Morgan fingerprint density at radius 3 is 2.58 bits per heavy atom. The van der Waals surface area contributed by atoms with E-state index in [1.807, 2.05) is 0 Å². The minimum atomic E-state index is -0.370. The molecule has 1 aromatic heterocycles. The van der Waals surface area contributed by atoms with Gasteiger partial charge in [-0.3, -0.25) is 4.79 Å². The van der Waals surface area contributed by atoms with E-state index >= 15 is 0 Å². The van der Waals surface area contributed by atoms with E-state index in [1.165, 1.54) is 6.07 Å². The van der Waals surface area contributed by atoms with Crippen molar-refractivity contribution in [3.8, 4) is 5.88 Å². The molecule has 6 heteroatoms. The molecule has 4 rings (SSSR count). The van der Waals surface area contributed by atoms with Crippen LogP contribution in [-0.2, 0) is 6.42 Å². The molecule has 0 spiro atoms. The zero-order valence-corrected chi connectivity index (χ0v) is 14.1. The number of amides is 1. The van der Waals surface area contributed by atoms with Crippen molar-refractivity contribution < 1.29 is 14.3 Å². The summed E-state index contributed by atoms with van der Waals surface area (Å²) in [6.07, 6.45) is 2.08. The molecule has 5 nitrogen and oxygen atoms in total. The Morgan fingerprint density at radius 2 is 1.81 bits per heavy atom. The van der Waals surface area contributed by atoms with Gasteiger partial charge >= 0.3 is 0 Å². The summed E-state index contributed by atoms with van der Waals surface area (Å²) in [7, 11) is 0. The molecular weight excluding hydrogens is 333 g/mol. The summed E-state index contributed by atoms with van der Waals surface area (Å²) in [5.41, 5.74) is 1.62. The van der Waals surface area contributed by atoms with Gasteiger partial charge in [0, 0.05) is 12.6 Å². The van der Waals surface area contributed by atoms with E-state index in [9.17, 15) is 14.3 Å². The highest BCUT2D eigenvalue weighted by molar-refractivity contribution is 5.96. The Hall–Kier alpha value is -3.02. The number of likely N-dealkylation sites (tertiary alicyclic amines) is 1. The second-order valence-electron chi connectivity index (χ2n) is 6.47. The van der Waals surface area contributed by atoms with Gasteiger partial charge in [-0.25, -0.2) is 14.4 Å². The van der Waals surface area contributed by atoms with Gasteiger partial charge in [-0.2, -0.15) is 0 Å². The van der Waals surface area contributed by atoms with E-state index in [1.54, 1.807) is 47.4 Å². The van der Waals surface area contributed by atoms with Crippen molar-refractivity contribution in [2.24, 2.45) is 0 Å². The third-order valence-corrected chi connectivity index (χ3v) is 4.81. The van der Waals surface area contributed by atoms with Gasteiger partial charge in [-0.15, -0.1) is 0 Å². The SMILES string of the molecule is O=C(c1nc2ccccc2nc1O)N1CCCC1Cc1ccccc1F. The van der Waals surface area contributed by atoms with Crippen molar-refractivity contribution in [2.75, 3.05) is 6.54 Å². The third kappa shape index (κ3) is 2.98. The molecule has 1 atom stereocenters. The third-order valence-electron chi connectivity index (χ3n) is 4.81. The van der Waals surface area contributed by atoms with Crippen molar-refractivity contribution in [3.05, 3.63) is 65.6 Å². The summed E-state index contributed by atoms with van der Waals surface area (Å²) in [5, 5.41) is 10.2. The highest BCUT2D eigenvalue weighted by Gasteiger charge is 2.32. The second-order valence-corrected chi connectivity index (χ2v) is 6.47. The lowest BCUT2D eigenvalue weighted by atomic mass is 10.0. The van der Waals surface area contributed by atoms with Gasteiger partial charge in [-0.1, -0.05) is 30.3 Å². The van der Waals surface area contributed by atoms with Crippen LogP contribution in [-0.4, -0.2) is 38.5 Å². The fourth-order valence-electron chi connectivity index (χ4n) is 3.50. The largest absolute Gasteiger partial charge is 0.492 e. The van der Waals surface area contributed by atoms with Crippen LogP contribution in [0.2, 0.25) is 0 Å². The van der Waals surface area contributed by atoms with E-state index in [0.29, 0.717) is 29.6 Å². The van der Waals surface area contributed by atoms with Crippen molar-refractivity contribution in [1.29, 1.82) is 0 Å². The van der Waals surface area contributed by atoms with Crippen LogP contribution in [0.5, 0.6) is 5.88 Å². The molecule has 0 radical (unpaired) electrons. The molecule has 1 fully saturated rings. The van der Waals surface area contributed by atoms with Gasteiger partial charge in [0.15, 0.2) is 5.69 Å². The molecule has 1 aliphatic heterocycles. The molecule has 1 unspecified atom stereocenters. The average Bonchev–Trinajstić information content (AvgIpc) is 3.10. The predicted octanol–water partition coefficient (Wildman–Crippen LogP) is 3.32. The second kappa shape index (κ2) is 6.71. The maximum Gasteiger partial charge on any atom is 0.278 e. The lowest BCUT2D eigenvalue weighted by Crippen LogP contribution is -2.37. The first-order valence-corrected chi connectivity index (χ1v) is 8.63. The molecule has 0 aliphatic carbocycles. The number of aromatic nitrogens is 2. The maximum atomic E-state index is 14.0. The molecule has 1 aliphatic rings. The molecule has 2 heterocycles. The number of nitrogens with zero attached hydrogens (tertiary/aromatic N) is 3. The predicted molar refractivity (Wildman–Crippen MR) is 95.4 cm³/mol. The summed E-state index contributed by atoms with van der Waals surface area (Å²) < 4.78 is 14.0. The molecule has 132 valence electrons. The number of carbonyl (C=O) groups is 1. The molecule has 1 amide bonds. The number of rotatable bonds is 3. The van der Waals surface area contributed by atoms with Crippen LogP contribution in [0.15, 0.2) is 48.5 Å². The van der Waals surface area contributed by atoms with E-state index in [4.69, 9.17) is 0 Å². The smallest absolute Gasteiger partial charge is 0.278 e. The molecule has 1 N–H and O–H groups in total. The fourth-order valence-corrected chi connectivity index (χ4v) is 3.50. The zero-order valence-electron chi connectivity index (χ0n) is 14.1. The first-order chi connectivity index (χ1) is 12.6. The van der Waals surface area contributed by atoms with Crippen molar-refractivity contribution in [1.82, 2.24) is 14.9 Å². The van der Waals surface area contributed by atoms with Crippen molar-refractivity contribution in [2.45, 2.75) is 25.3 Å². The number of carbonyl (C=O) groups excluding carboxylic acids is 1. The van der Waals surface area contributed by atoms with Crippen LogP contribution < -0.4 is 0 Å². The number of halogens is 1. The normalized spacial score (nSPS) is 17.0. The molecule has 0 bridgehead atoms. The summed E-state index contributed by atoms with van der Waals surface area (Å²) >= 11 is 0. The summed E-state index contributed by atoms with van der Waals surface area (Å²) in [5.74, 6) is -0.995. The van der Waals surface area contributed by atoms with Crippen LogP contribution in [0.25, 0.3) is 11.0 Å². The standard InChI is InChI=1S/C20H18FN3O2/c21-15-8-2-1-6-13(15)12-14-7-5-11-24(14)20(26)18-19(25)23-17-10-4-3-9-16(17)22-18/h1-4,6,8-10,14H,5,7,11-12H2,(H,23,25). The Bertz CT molecular complexity index is 976. The average molecular weight is 351 g/mol. The monoisotopic (exact) mass is 351 g/mol. The molecule has 0 saturated carbocycles. The van der Waals surface area contributed by atoms with Gasteiger partial charge in [0.05, 0.1) is 11.0 Å². The Morgan fingerprint density at radius 1 is 1.12 bits per heavy atom. The molecule has 3 aromatic rings. The van der Waals surface area contributed by atoms with Crippen LogP contribution >= 0.6 is 0 Å². The molecule has 1 saturated heterocycles. The topological polar surface area (TPSA) is 66.3 Å². The molecule has 26 heavy (non-hydrogen) atoms. The summed E-state index contributed by atoms with van der Waals surface area (Å²) in [6.45, 7) is 0.561.